The maximum atomic E-state index is 13.6. The number of nitrogens with zero attached hydrogens (tertiary/aromatic N) is 3. The molecule has 0 amide bonds. The molecular weight excluding hydrogens is 271 g/mol. The van der Waals surface area contributed by atoms with Gasteiger partial charge in [0.1, 0.15) is 5.82 Å². The van der Waals surface area contributed by atoms with Gasteiger partial charge in [-0.2, -0.15) is 4.98 Å². The lowest BCUT2D eigenvalue weighted by molar-refractivity contribution is 0.278. The molecular formula is C15H21FN4O. The second kappa shape index (κ2) is 6.78. The summed E-state index contributed by atoms with van der Waals surface area (Å²) in [6.45, 7) is 8.35. The van der Waals surface area contributed by atoms with Crippen LogP contribution in [-0.2, 0) is 0 Å². The molecule has 1 aromatic heterocycles. The summed E-state index contributed by atoms with van der Waals surface area (Å²) in [4.78, 5) is 6.46. The molecule has 0 aliphatic carbocycles. The standard InChI is InChI=1S/C15H21FN4O/c1-4-20(5-2)9-13(17)14-18-15(21-19-14)11-7-6-10(3)12(16)8-11/h6-8,13H,4-5,9,17H2,1-3H3. The Morgan fingerprint density at radius 2 is 2.05 bits per heavy atom. The van der Waals surface area contributed by atoms with Crippen LogP contribution in [0, 0.1) is 12.7 Å². The van der Waals surface area contributed by atoms with Crippen LogP contribution >= 0.6 is 0 Å². The molecule has 6 heteroatoms. The Hall–Kier alpha value is -1.79. The third-order valence-corrected chi connectivity index (χ3v) is 3.54. The zero-order valence-electron chi connectivity index (χ0n) is 12.6. The normalized spacial score (nSPS) is 12.9. The minimum absolute atomic E-state index is 0.291. The fraction of sp³-hybridized carbons (Fsp3) is 0.467. The zero-order chi connectivity index (χ0) is 15.4. The van der Waals surface area contributed by atoms with E-state index in [1.54, 1.807) is 19.1 Å². The minimum Gasteiger partial charge on any atom is -0.334 e. The van der Waals surface area contributed by atoms with Gasteiger partial charge in [-0.15, -0.1) is 0 Å². The van der Waals surface area contributed by atoms with Crippen LogP contribution in [0.3, 0.4) is 0 Å². The number of likely N-dealkylation sites (N-methyl/N-ethyl adjacent to an activating group) is 1. The first-order valence-corrected chi connectivity index (χ1v) is 7.13. The Labute approximate surface area is 123 Å². The van der Waals surface area contributed by atoms with Gasteiger partial charge < -0.3 is 15.2 Å². The second-order valence-electron chi connectivity index (χ2n) is 5.01. The van der Waals surface area contributed by atoms with Crippen molar-refractivity contribution >= 4 is 0 Å². The highest BCUT2D eigenvalue weighted by atomic mass is 19.1. The molecule has 0 aliphatic rings. The molecule has 2 aromatic rings. The molecule has 0 saturated carbocycles. The predicted molar refractivity (Wildman–Crippen MR) is 79.1 cm³/mol. The highest BCUT2D eigenvalue weighted by molar-refractivity contribution is 5.53. The van der Waals surface area contributed by atoms with Crippen LogP contribution in [0.4, 0.5) is 4.39 Å². The summed E-state index contributed by atoms with van der Waals surface area (Å²) in [5.74, 6) is 0.441. The average molecular weight is 292 g/mol. The monoisotopic (exact) mass is 292 g/mol. The first-order valence-electron chi connectivity index (χ1n) is 7.13. The summed E-state index contributed by atoms with van der Waals surface area (Å²) in [5.41, 5.74) is 7.23. The van der Waals surface area contributed by atoms with Crippen LogP contribution in [-0.4, -0.2) is 34.7 Å². The number of aromatic nitrogens is 2. The molecule has 1 atom stereocenters. The van der Waals surface area contributed by atoms with Crippen LogP contribution < -0.4 is 5.73 Å². The van der Waals surface area contributed by atoms with E-state index in [-0.39, 0.29) is 11.9 Å². The first kappa shape index (κ1) is 15.6. The van der Waals surface area contributed by atoms with Crippen molar-refractivity contribution in [1.82, 2.24) is 15.0 Å². The van der Waals surface area contributed by atoms with Gasteiger partial charge in [0, 0.05) is 12.1 Å². The van der Waals surface area contributed by atoms with E-state index in [0.717, 1.165) is 13.1 Å². The number of nitrogens with two attached hydrogens (primary N) is 1. The Kier molecular flexibility index (Phi) is 5.03. The summed E-state index contributed by atoms with van der Waals surface area (Å²) in [5, 5.41) is 3.91. The van der Waals surface area contributed by atoms with Crippen molar-refractivity contribution in [2.75, 3.05) is 19.6 Å². The fourth-order valence-electron chi connectivity index (χ4n) is 2.07. The average Bonchev–Trinajstić information content (AvgIpc) is 2.97. The van der Waals surface area contributed by atoms with Crippen molar-refractivity contribution in [1.29, 1.82) is 0 Å². The van der Waals surface area contributed by atoms with Crippen molar-refractivity contribution in [3.05, 3.63) is 35.4 Å². The van der Waals surface area contributed by atoms with Gasteiger partial charge in [-0.1, -0.05) is 25.1 Å². The van der Waals surface area contributed by atoms with Gasteiger partial charge in [0.2, 0.25) is 0 Å². The van der Waals surface area contributed by atoms with Gasteiger partial charge in [-0.25, -0.2) is 4.39 Å². The number of halogens is 1. The van der Waals surface area contributed by atoms with Crippen LogP contribution in [0.2, 0.25) is 0 Å². The summed E-state index contributed by atoms with van der Waals surface area (Å²) in [6, 6.07) is 4.51. The topological polar surface area (TPSA) is 68.2 Å². The van der Waals surface area contributed by atoms with E-state index < -0.39 is 0 Å². The lowest BCUT2D eigenvalue weighted by Gasteiger charge is -2.20. The van der Waals surface area contributed by atoms with Crippen LogP contribution in [0.1, 0.15) is 31.3 Å². The molecule has 0 bridgehead atoms. The summed E-state index contributed by atoms with van der Waals surface area (Å²) >= 11 is 0. The molecule has 1 heterocycles. The molecule has 1 unspecified atom stereocenters. The van der Waals surface area contributed by atoms with Crippen molar-refractivity contribution in [2.45, 2.75) is 26.8 Å². The van der Waals surface area contributed by atoms with E-state index >= 15 is 0 Å². The largest absolute Gasteiger partial charge is 0.334 e. The van der Waals surface area contributed by atoms with Gasteiger partial charge in [0.15, 0.2) is 5.82 Å². The fourth-order valence-corrected chi connectivity index (χ4v) is 2.07. The van der Waals surface area contributed by atoms with Gasteiger partial charge in [0.05, 0.1) is 6.04 Å². The quantitative estimate of drug-likeness (QED) is 0.886. The van der Waals surface area contributed by atoms with Crippen molar-refractivity contribution in [3.63, 3.8) is 0 Å². The van der Waals surface area contributed by atoms with E-state index in [0.29, 0.717) is 29.4 Å². The van der Waals surface area contributed by atoms with Gasteiger partial charge in [-0.05, 0) is 37.7 Å². The molecule has 1 aromatic carbocycles. The number of hydrogen-bond acceptors (Lipinski definition) is 5. The smallest absolute Gasteiger partial charge is 0.258 e. The lowest BCUT2D eigenvalue weighted by Crippen LogP contribution is -2.32. The van der Waals surface area contributed by atoms with Gasteiger partial charge in [0.25, 0.3) is 5.89 Å². The maximum absolute atomic E-state index is 13.6. The summed E-state index contributed by atoms with van der Waals surface area (Å²) < 4.78 is 18.8. The van der Waals surface area contributed by atoms with Crippen LogP contribution in [0.5, 0.6) is 0 Å². The molecule has 114 valence electrons. The van der Waals surface area contributed by atoms with Crippen molar-refractivity contribution < 1.29 is 8.91 Å². The highest BCUT2D eigenvalue weighted by Crippen LogP contribution is 2.21. The molecule has 0 radical (unpaired) electrons. The second-order valence-corrected chi connectivity index (χ2v) is 5.01. The van der Waals surface area contributed by atoms with E-state index in [1.165, 1.54) is 6.07 Å². The number of hydrogen-bond donors (Lipinski definition) is 1. The predicted octanol–water partition coefficient (Wildman–Crippen LogP) is 2.53. The number of rotatable bonds is 6. The number of aryl methyl sites for hydroxylation is 1. The third kappa shape index (κ3) is 3.65. The van der Waals surface area contributed by atoms with Gasteiger partial charge >= 0.3 is 0 Å². The van der Waals surface area contributed by atoms with Crippen LogP contribution in [0.15, 0.2) is 22.7 Å². The Bertz CT molecular complexity index is 595. The van der Waals surface area contributed by atoms with Crippen LogP contribution in [0.25, 0.3) is 11.5 Å². The molecule has 0 spiro atoms. The maximum Gasteiger partial charge on any atom is 0.258 e. The molecule has 0 saturated heterocycles. The Morgan fingerprint density at radius 3 is 2.67 bits per heavy atom. The molecule has 5 nitrogen and oxygen atoms in total. The van der Waals surface area contributed by atoms with Gasteiger partial charge in [-0.3, -0.25) is 0 Å². The van der Waals surface area contributed by atoms with E-state index in [9.17, 15) is 4.39 Å². The summed E-state index contributed by atoms with van der Waals surface area (Å²) in [6.07, 6.45) is 0. The lowest BCUT2D eigenvalue weighted by atomic mass is 10.1. The Balaban J connectivity index is 2.15. The SMILES string of the molecule is CCN(CC)CC(N)c1noc(-c2ccc(C)c(F)c2)n1. The highest BCUT2D eigenvalue weighted by Gasteiger charge is 2.17. The molecule has 0 fully saturated rings. The zero-order valence-corrected chi connectivity index (χ0v) is 12.6. The summed E-state index contributed by atoms with van der Waals surface area (Å²) in [7, 11) is 0. The number of benzene rings is 1. The molecule has 2 rings (SSSR count). The minimum atomic E-state index is -0.322. The Morgan fingerprint density at radius 1 is 1.33 bits per heavy atom. The third-order valence-electron chi connectivity index (χ3n) is 3.54. The van der Waals surface area contributed by atoms with Crippen molar-refractivity contribution in [3.8, 4) is 11.5 Å². The van der Waals surface area contributed by atoms with E-state index in [4.69, 9.17) is 10.3 Å². The van der Waals surface area contributed by atoms with E-state index in [1.807, 2.05) is 0 Å². The first-order chi connectivity index (χ1) is 10.0. The molecule has 0 aliphatic heterocycles. The van der Waals surface area contributed by atoms with E-state index in [2.05, 4.69) is 28.9 Å². The van der Waals surface area contributed by atoms with Crippen molar-refractivity contribution in [2.24, 2.45) is 5.73 Å². The molecule has 21 heavy (non-hydrogen) atoms. The molecule has 2 N–H and O–H groups in total.